The third-order valence-electron chi connectivity index (χ3n) is 3.09. The number of nitrogens with zero attached hydrogens (tertiary/aromatic N) is 2. The van der Waals surface area contributed by atoms with Crippen molar-refractivity contribution in [2.24, 2.45) is 5.92 Å². The second-order valence-electron chi connectivity index (χ2n) is 4.91. The van der Waals surface area contributed by atoms with E-state index in [2.05, 4.69) is 21.7 Å². The molecule has 0 saturated heterocycles. The molecule has 1 amide bonds. The molecule has 1 unspecified atom stereocenters. The Bertz CT molecular complexity index is 433. The normalized spacial score (nSPS) is 12.1. The van der Waals surface area contributed by atoms with E-state index in [-0.39, 0.29) is 11.8 Å². The van der Waals surface area contributed by atoms with Crippen molar-refractivity contribution in [3.8, 4) is 0 Å². The van der Waals surface area contributed by atoms with Crippen molar-refractivity contribution in [1.29, 1.82) is 0 Å². The van der Waals surface area contributed by atoms with Crippen molar-refractivity contribution in [1.82, 2.24) is 15.6 Å². The molecule has 1 atom stereocenters. The van der Waals surface area contributed by atoms with Crippen molar-refractivity contribution in [2.45, 2.75) is 20.4 Å². The van der Waals surface area contributed by atoms with Crippen molar-refractivity contribution in [3.63, 3.8) is 0 Å². The molecule has 0 fully saturated rings. The summed E-state index contributed by atoms with van der Waals surface area (Å²) in [6, 6.07) is 2.12. The average molecular weight is 264 g/mol. The lowest BCUT2D eigenvalue weighted by molar-refractivity contribution is -0.123. The Balaban J connectivity index is 2.76. The third-order valence-corrected chi connectivity index (χ3v) is 3.09. The molecule has 106 valence electrons. The molecule has 0 aliphatic rings. The number of nitrogens with one attached hydrogen (secondary N) is 2. The molecular formula is C14H24N4O. The number of hydrogen-bond donors (Lipinski definition) is 2. The summed E-state index contributed by atoms with van der Waals surface area (Å²) in [4.78, 5) is 18.1. The zero-order chi connectivity index (χ0) is 14.4. The summed E-state index contributed by atoms with van der Waals surface area (Å²) < 4.78 is 0. The largest absolute Gasteiger partial charge is 0.359 e. The lowest BCUT2D eigenvalue weighted by atomic mass is 10.1. The number of carbonyl (C=O) groups is 1. The monoisotopic (exact) mass is 264 g/mol. The zero-order valence-corrected chi connectivity index (χ0v) is 12.4. The van der Waals surface area contributed by atoms with Gasteiger partial charge in [0, 0.05) is 33.4 Å². The second kappa shape index (κ2) is 7.09. The third kappa shape index (κ3) is 4.21. The van der Waals surface area contributed by atoms with Crippen LogP contribution in [0, 0.1) is 12.8 Å². The summed E-state index contributed by atoms with van der Waals surface area (Å²) in [6.45, 7) is 5.42. The van der Waals surface area contributed by atoms with Crippen LogP contribution >= 0.6 is 0 Å². The molecular weight excluding hydrogens is 240 g/mol. The molecule has 0 saturated carbocycles. The quantitative estimate of drug-likeness (QED) is 0.802. The van der Waals surface area contributed by atoms with Crippen molar-refractivity contribution < 1.29 is 4.79 Å². The maximum atomic E-state index is 11.5. The van der Waals surface area contributed by atoms with Crippen molar-refractivity contribution in [3.05, 3.63) is 23.4 Å². The molecule has 0 radical (unpaired) electrons. The zero-order valence-electron chi connectivity index (χ0n) is 12.4. The van der Waals surface area contributed by atoms with Gasteiger partial charge < -0.3 is 15.5 Å². The Kier molecular flexibility index (Phi) is 5.76. The summed E-state index contributed by atoms with van der Waals surface area (Å²) in [5.74, 6) is 0.917. The Morgan fingerprint density at radius 1 is 1.47 bits per heavy atom. The highest BCUT2D eigenvalue weighted by atomic mass is 16.1. The molecule has 1 aromatic rings. The summed E-state index contributed by atoms with van der Waals surface area (Å²) in [7, 11) is 5.54. The van der Waals surface area contributed by atoms with E-state index < -0.39 is 0 Å². The number of aryl methyl sites for hydroxylation is 1. The average Bonchev–Trinajstić information content (AvgIpc) is 2.38. The van der Waals surface area contributed by atoms with Gasteiger partial charge in [-0.15, -0.1) is 0 Å². The summed E-state index contributed by atoms with van der Waals surface area (Å²) in [6.07, 6.45) is 1.87. The topological polar surface area (TPSA) is 57.3 Å². The van der Waals surface area contributed by atoms with Gasteiger partial charge in [0.2, 0.25) is 5.91 Å². The smallest absolute Gasteiger partial charge is 0.224 e. The first kappa shape index (κ1) is 15.4. The van der Waals surface area contributed by atoms with Crippen LogP contribution in [0.5, 0.6) is 0 Å². The minimum Gasteiger partial charge on any atom is -0.359 e. The summed E-state index contributed by atoms with van der Waals surface area (Å²) >= 11 is 0. The van der Waals surface area contributed by atoms with Crippen LogP contribution in [0.2, 0.25) is 0 Å². The number of rotatable bonds is 6. The summed E-state index contributed by atoms with van der Waals surface area (Å²) in [5.41, 5.74) is 2.29. The first-order chi connectivity index (χ1) is 8.99. The van der Waals surface area contributed by atoms with Gasteiger partial charge in [-0.3, -0.25) is 4.79 Å². The first-order valence-electron chi connectivity index (χ1n) is 6.52. The van der Waals surface area contributed by atoms with Crippen LogP contribution in [0.3, 0.4) is 0 Å². The van der Waals surface area contributed by atoms with E-state index in [0.29, 0.717) is 6.54 Å². The van der Waals surface area contributed by atoms with E-state index in [1.165, 1.54) is 0 Å². The maximum Gasteiger partial charge on any atom is 0.224 e. The van der Waals surface area contributed by atoms with Gasteiger partial charge in [-0.1, -0.05) is 6.92 Å². The molecule has 0 aromatic carbocycles. The van der Waals surface area contributed by atoms with Crippen LogP contribution in [-0.2, 0) is 11.3 Å². The Morgan fingerprint density at radius 3 is 2.68 bits per heavy atom. The van der Waals surface area contributed by atoms with Crippen LogP contribution in [0.25, 0.3) is 0 Å². The standard InChI is InChI=1S/C14H24N4O/c1-10-6-12(7-15-3)8-17-13(10)18(5)9-11(2)14(19)16-4/h6,8,11,15H,7,9H2,1-5H3,(H,16,19). The van der Waals surface area contributed by atoms with E-state index in [1.807, 2.05) is 39.0 Å². The van der Waals surface area contributed by atoms with Gasteiger partial charge in [0.15, 0.2) is 0 Å². The van der Waals surface area contributed by atoms with Gasteiger partial charge in [-0.05, 0) is 31.2 Å². The molecule has 1 heterocycles. The predicted molar refractivity (Wildman–Crippen MR) is 78.2 cm³/mol. The van der Waals surface area contributed by atoms with E-state index >= 15 is 0 Å². The van der Waals surface area contributed by atoms with Crippen LogP contribution < -0.4 is 15.5 Å². The van der Waals surface area contributed by atoms with E-state index in [1.54, 1.807) is 7.05 Å². The van der Waals surface area contributed by atoms with Crippen LogP contribution in [0.4, 0.5) is 5.82 Å². The molecule has 0 spiro atoms. The highest BCUT2D eigenvalue weighted by Crippen LogP contribution is 2.17. The molecule has 2 N–H and O–H groups in total. The number of hydrogen-bond acceptors (Lipinski definition) is 4. The number of anilines is 1. The number of amides is 1. The molecule has 5 nitrogen and oxygen atoms in total. The Hall–Kier alpha value is -1.62. The lowest BCUT2D eigenvalue weighted by Gasteiger charge is -2.23. The second-order valence-corrected chi connectivity index (χ2v) is 4.91. The van der Waals surface area contributed by atoms with Crippen LogP contribution in [0.15, 0.2) is 12.3 Å². The molecule has 0 aliphatic carbocycles. The fraction of sp³-hybridized carbons (Fsp3) is 0.571. The lowest BCUT2D eigenvalue weighted by Crippen LogP contribution is -2.35. The highest BCUT2D eigenvalue weighted by molar-refractivity contribution is 5.78. The van der Waals surface area contributed by atoms with Crippen LogP contribution in [-0.4, -0.2) is 38.6 Å². The Morgan fingerprint density at radius 2 is 2.16 bits per heavy atom. The van der Waals surface area contributed by atoms with Gasteiger partial charge in [0.05, 0.1) is 5.92 Å². The summed E-state index contributed by atoms with van der Waals surface area (Å²) in [5, 5.41) is 5.78. The van der Waals surface area contributed by atoms with E-state index in [9.17, 15) is 4.79 Å². The van der Waals surface area contributed by atoms with Gasteiger partial charge in [-0.25, -0.2) is 4.98 Å². The van der Waals surface area contributed by atoms with Gasteiger partial charge in [0.1, 0.15) is 5.82 Å². The van der Waals surface area contributed by atoms with Crippen LogP contribution in [0.1, 0.15) is 18.1 Å². The predicted octanol–water partition coefficient (Wildman–Crippen LogP) is 0.928. The molecule has 1 rings (SSSR count). The van der Waals surface area contributed by atoms with Crippen molar-refractivity contribution >= 4 is 11.7 Å². The number of carbonyl (C=O) groups excluding carboxylic acids is 1. The molecule has 0 bridgehead atoms. The maximum absolute atomic E-state index is 11.5. The fourth-order valence-corrected chi connectivity index (χ4v) is 2.15. The highest BCUT2D eigenvalue weighted by Gasteiger charge is 2.15. The van der Waals surface area contributed by atoms with E-state index in [0.717, 1.165) is 23.5 Å². The number of pyridine rings is 1. The SMILES string of the molecule is CNCc1cnc(N(C)CC(C)C(=O)NC)c(C)c1. The van der Waals surface area contributed by atoms with Gasteiger partial charge in [-0.2, -0.15) is 0 Å². The first-order valence-corrected chi connectivity index (χ1v) is 6.52. The number of aromatic nitrogens is 1. The minimum atomic E-state index is -0.0619. The fourth-order valence-electron chi connectivity index (χ4n) is 2.15. The van der Waals surface area contributed by atoms with Gasteiger partial charge >= 0.3 is 0 Å². The van der Waals surface area contributed by atoms with Crippen molar-refractivity contribution in [2.75, 3.05) is 32.6 Å². The molecule has 19 heavy (non-hydrogen) atoms. The minimum absolute atomic E-state index is 0.0521. The Labute approximate surface area is 115 Å². The molecule has 0 aliphatic heterocycles. The van der Waals surface area contributed by atoms with E-state index in [4.69, 9.17) is 0 Å². The molecule has 1 aromatic heterocycles. The molecule has 5 heteroatoms. The van der Waals surface area contributed by atoms with Gasteiger partial charge in [0.25, 0.3) is 0 Å².